The van der Waals surface area contributed by atoms with Gasteiger partial charge in [0.25, 0.3) is 0 Å². The summed E-state index contributed by atoms with van der Waals surface area (Å²) in [6, 6.07) is 3.21. The molecule has 0 aliphatic rings. The summed E-state index contributed by atoms with van der Waals surface area (Å²) < 4.78 is 5.31. The molecule has 21 heavy (non-hydrogen) atoms. The number of thiophene rings is 1. The number of benzene rings is 1. The van der Waals surface area contributed by atoms with Gasteiger partial charge in [0.05, 0.1) is 10.0 Å². The molecule has 0 spiro atoms. The summed E-state index contributed by atoms with van der Waals surface area (Å²) >= 11 is 24.5. The Morgan fingerprint density at radius 3 is 2.10 bits per heavy atom. The minimum atomic E-state index is -3.99. The van der Waals surface area contributed by atoms with Crippen molar-refractivity contribution in [2.45, 2.75) is 6.92 Å². The molecule has 0 fully saturated rings. The Bertz CT molecular complexity index is 675. The van der Waals surface area contributed by atoms with Crippen LogP contribution < -0.4 is 9.14 Å². The van der Waals surface area contributed by atoms with Crippen LogP contribution in [0.25, 0.3) is 0 Å². The molecule has 1 heterocycles. The zero-order chi connectivity index (χ0) is 15.9. The Morgan fingerprint density at radius 1 is 1.00 bits per heavy atom. The molecule has 114 valence electrons. The van der Waals surface area contributed by atoms with Gasteiger partial charge in [0, 0.05) is 10.9 Å². The van der Waals surface area contributed by atoms with Crippen molar-refractivity contribution < 1.29 is 19.4 Å². The summed E-state index contributed by atoms with van der Waals surface area (Å²) in [4.78, 5) is 21.1. The first-order chi connectivity index (χ1) is 9.65. The van der Waals surface area contributed by atoms with E-state index in [1.165, 1.54) is 6.07 Å². The lowest BCUT2D eigenvalue weighted by Gasteiger charge is -2.14. The van der Waals surface area contributed by atoms with Gasteiger partial charge < -0.3 is 5.11 Å². The van der Waals surface area contributed by atoms with E-state index in [4.69, 9.17) is 50.9 Å². The van der Waals surface area contributed by atoms with Gasteiger partial charge in [-0.2, -0.15) is 9.79 Å². The first-order valence-corrected chi connectivity index (χ1v) is 9.25. The van der Waals surface area contributed by atoms with Crippen LogP contribution in [0.2, 0.25) is 20.1 Å². The van der Waals surface area contributed by atoms with Gasteiger partial charge in [0.1, 0.15) is 10.0 Å². The number of rotatable bonds is 3. The normalized spacial score (nSPS) is 11.8. The number of aryl methyl sites for hydroxylation is 1. The molecule has 0 aliphatic carbocycles. The summed E-state index contributed by atoms with van der Waals surface area (Å²) in [5.41, 5.74) is 0. The maximum absolute atomic E-state index is 10.1. The minimum Gasteiger partial charge on any atom is -0.503 e. The van der Waals surface area contributed by atoms with Gasteiger partial charge in [-0.15, -0.1) is 0 Å². The predicted octanol–water partition coefficient (Wildman–Crippen LogP) is 4.83. The maximum Gasteiger partial charge on any atom is 0.498 e. The molecule has 1 aromatic carbocycles. The molecule has 0 aliphatic heterocycles. The molecule has 2 aromatic rings. The van der Waals surface area contributed by atoms with Crippen LogP contribution in [0.3, 0.4) is 0 Å². The Morgan fingerprint density at radius 2 is 1.57 bits per heavy atom. The number of halogens is 4. The topological polar surface area (TPSA) is 69.9 Å². The lowest BCUT2D eigenvalue weighted by molar-refractivity contribution is 0.344. The number of aromatic hydroxyl groups is 1. The van der Waals surface area contributed by atoms with Crippen LogP contribution in [-0.4, -0.2) is 14.9 Å². The molecule has 0 saturated carbocycles. The highest BCUT2D eigenvalue weighted by Gasteiger charge is 2.45. The van der Waals surface area contributed by atoms with Crippen LogP contribution in [-0.2, 0) is 0 Å². The molecule has 0 radical (unpaired) electrons. The van der Waals surface area contributed by atoms with Crippen molar-refractivity contribution in [3.8, 4) is 11.5 Å². The van der Waals surface area contributed by atoms with Gasteiger partial charge in [-0.05, 0) is 13.0 Å². The fourth-order valence-corrected chi connectivity index (χ4v) is 4.76. The van der Waals surface area contributed by atoms with Crippen molar-refractivity contribution in [2.75, 3.05) is 0 Å². The van der Waals surface area contributed by atoms with Crippen LogP contribution in [0, 0.1) is 6.92 Å². The van der Waals surface area contributed by atoms with Crippen molar-refractivity contribution >= 4 is 70.3 Å². The highest BCUT2D eigenvalue weighted by Crippen LogP contribution is 2.58. The largest absolute Gasteiger partial charge is 0.503 e. The highest BCUT2D eigenvalue weighted by atomic mass is 35.5. The molecular formula is C11H8Cl4O4PS+. The fraction of sp³-hybridized carbons (Fsp3) is 0.0909. The summed E-state index contributed by atoms with van der Waals surface area (Å²) in [6.07, 6.45) is 0. The van der Waals surface area contributed by atoms with Crippen LogP contribution >= 0.6 is 65.7 Å². The van der Waals surface area contributed by atoms with E-state index in [1.54, 1.807) is 13.0 Å². The Labute approximate surface area is 145 Å². The quantitative estimate of drug-likeness (QED) is 0.386. The Balaban J connectivity index is 2.49. The van der Waals surface area contributed by atoms with Crippen LogP contribution in [0.4, 0.5) is 0 Å². The van der Waals surface area contributed by atoms with E-state index < -0.39 is 19.4 Å². The molecule has 3 N–H and O–H groups in total. The van der Waals surface area contributed by atoms with E-state index in [9.17, 15) is 14.9 Å². The number of phenols is 1. The smallest absolute Gasteiger partial charge is 0.498 e. The van der Waals surface area contributed by atoms with Gasteiger partial charge >= 0.3 is 7.94 Å². The lowest BCUT2D eigenvalue weighted by atomic mass is 10.3. The van der Waals surface area contributed by atoms with E-state index in [0.717, 1.165) is 16.2 Å². The third-order valence-corrected chi connectivity index (χ3v) is 7.16. The minimum absolute atomic E-state index is 0.153. The van der Waals surface area contributed by atoms with Crippen molar-refractivity contribution in [1.82, 2.24) is 0 Å². The van der Waals surface area contributed by atoms with Crippen molar-refractivity contribution in [1.29, 1.82) is 0 Å². The second-order valence-electron chi connectivity index (χ2n) is 3.95. The molecule has 0 unspecified atom stereocenters. The monoisotopic (exact) mass is 407 g/mol. The SMILES string of the molecule is Cc1ccc([P+](O)(O)Oc2c(O)c(Cl)c(Cl)c(Cl)c2Cl)s1. The standard InChI is InChI=1S/C11H7Cl4O4PS/c1-4-2-3-5(21-4)20(17,18)19-11-9(15)7(13)6(12)8(14)10(11)16/h2-3,17-18H,1H3/p+1. The summed E-state index contributed by atoms with van der Waals surface area (Å²) in [7, 11) is -3.99. The second-order valence-corrected chi connectivity index (χ2v) is 8.81. The van der Waals surface area contributed by atoms with Crippen molar-refractivity contribution in [3.63, 3.8) is 0 Å². The summed E-state index contributed by atoms with van der Waals surface area (Å²) in [5.74, 6) is -1.04. The van der Waals surface area contributed by atoms with Crippen LogP contribution in [0.1, 0.15) is 4.88 Å². The molecular weight excluding hydrogens is 401 g/mol. The van der Waals surface area contributed by atoms with Crippen LogP contribution in [0.5, 0.6) is 11.5 Å². The Hall–Kier alpha value is 0.0300. The van der Waals surface area contributed by atoms with E-state index in [0.29, 0.717) is 0 Å². The molecule has 0 saturated heterocycles. The number of phenolic OH excluding ortho intramolecular Hbond substituents is 1. The average Bonchev–Trinajstić information content (AvgIpc) is 2.87. The van der Waals surface area contributed by atoms with Crippen molar-refractivity contribution in [3.05, 3.63) is 37.1 Å². The van der Waals surface area contributed by atoms with Crippen LogP contribution in [0.15, 0.2) is 12.1 Å². The molecule has 0 atom stereocenters. The zero-order valence-corrected chi connectivity index (χ0v) is 15.0. The molecule has 0 bridgehead atoms. The molecule has 10 heteroatoms. The summed E-state index contributed by atoms with van der Waals surface area (Å²) in [6.45, 7) is 1.80. The maximum atomic E-state index is 10.1. The zero-order valence-electron chi connectivity index (χ0n) is 10.3. The van der Waals surface area contributed by atoms with Gasteiger partial charge in [-0.3, -0.25) is 4.52 Å². The van der Waals surface area contributed by atoms with E-state index in [-0.39, 0.29) is 24.7 Å². The predicted molar refractivity (Wildman–Crippen MR) is 88.8 cm³/mol. The molecule has 4 nitrogen and oxygen atoms in total. The first kappa shape index (κ1) is 17.4. The third-order valence-electron chi connectivity index (χ3n) is 2.43. The van der Waals surface area contributed by atoms with Gasteiger partial charge in [0.15, 0.2) is 5.75 Å². The fourth-order valence-electron chi connectivity index (χ4n) is 1.43. The molecule has 0 amide bonds. The van der Waals surface area contributed by atoms with E-state index in [1.807, 2.05) is 0 Å². The number of hydrogen-bond donors (Lipinski definition) is 3. The van der Waals surface area contributed by atoms with Gasteiger partial charge in [-0.1, -0.05) is 57.7 Å². The lowest BCUT2D eigenvalue weighted by Crippen LogP contribution is -2.12. The van der Waals surface area contributed by atoms with E-state index in [2.05, 4.69) is 0 Å². The molecule has 1 aromatic heterocycles. The average molecular weight is 409 g/mol. The third kappa shape index (κ3) is 3.36. The van der Waals surface area contributed by atoms with Crippen molar-refractivity contribution in [2.24, 2.45) is 0 Å². The van der Waals surface area contributed by atoms with E-state index >= 15 is 0 Å². The Kier molecular flexibility index (Phi) is 5.19. The van der Waals surface area contributed by atoms with Gasteiger partial charge in [0.2, 0.25) is 10.4 Å². The highest BCUT2D eigenvalue weighted by molar-refractivity contribution is 7.73. The number of hydrogen-bond acceptors (Lipinski definition) is 5. The van der Waals surface area contributed by atoms with Gasteiger partial charge in [-0.25, -0.2) is 0 Å². The summed E-state index contributed by atoms with van der Waals surface area (Å²) in [5, 5.41) is 9.06. The second kappa shape index (κ2) is 6.26. The molecule has 2 rings (SSSR count). The first-order valence-electron chi connectivity index (χ1n) is 5.31.